The highest BCUT2D eigenvalue weighted by atomic mass is 16.5. The highest BCUT2D eigenvalue weighted by Crippen LogP contribution is 2.46. The number of nitrogens with zero attached hydrogens (tertiary/aromatic N) is 1. The Kier molecular flexibility index (Phi) is 7.38. The number of methoxy groups -OCH3 is 3. The first-order valence-corrected chi connectivity index (χ1v) is 11.5. The summed E-state index contributed by atoms with van der Waals surface area (Å²) in [6.07, 6.45) is 2.46. The summed E-state index contributed by atoms with van der Waals surface area (Å²) in [5, 5.41) is 10.0. The van der Waals surface area contributed by atoms with E-state index < -0.39 is 12.0 Å². The molecule has 2 atom stereocenters. The Morgan fingerprint density at radius 1 is 0.853 bits per heavy atom. The van der Waals surface area contributed by atoms with E-state index in [2.05, 4.69) is 41.3 Å². The van der Waals surface area contributed by atoms with Crippen LogP contribution in [0.3, 0.4) is 0 Å². The molecule has 6 heteroatoms. The molecule has 1 aliphatic rings. The molecule has 0 spiro atoms. The number of hydrogen-bond acceptors (Lipinski definition) is 5. The van der Waals surface area contributed by atoms with E-state index in [0.29, 0.717) is 30.2 Å². The van der Waals surface area contributed by atoms with Crippen LogP contribution in [0, 0.1) is 0 Å². The van der Waals surface area contributed by atoms with E-state index >= 15 is 0 Å². The van der Waals surface area contributed by atoms with Gasteiger partial charge in [0.05, 0.1) is 27.4 Å². The van der Waals surface area contributed by atoms with E-state index in [1.807, 2.05) is 30.3 Å². The quantitative estimate of drug-likeness (QED) is 0.484. The maximum absolute atomic E-state index is 12.2. The van der Waals surface area contributed by atoms with Crippen molar-refractivity contribution in [2.24, 2.45) is 0 Å². The highest BCUT2D eigenvalue weighted by Gasteiger charge is 2.37. The Balaban J connectivity index is 1.86. The Morgan fingerprint density at radius 2 is 1.53 bits per heavy atom. The maximum atomic E-state index is 12.2. The summed E-state index contributed by atoms with van der Waals surface area (Å²) in [6, 6.07) is 21.4. The van der Waals surface area contributed by atoms with E-state index in [0.717, 1.165) is 35.1 Å². The number of carboxylic acid groups (broad SMARTS) is 1. The van der Waals surface area contributed by atoms with Crippen LogP contribution in [0.2, 0.25) is 0 Å². The number of piperidine rings is 1. The van der Waals surface area contributed by atoms with E-state index in [1.165, 1.54) is 0 Å². The van der Waals surface area contributed by atoms with Gasteiger partial charge in [-0.3, -0.25) is 9.69 Å². The number of aliphatic carboxylic acids is 1. The molecule has 0 aromatic heterocycles. The number of carbonyl (C=O) groups is 1. The molecule has 4 rings (SSSR count). The van der Waals surface area contributed by atoms with Gasteiger partial charge in [-0.1, -0.05) is 61.0 Å². The van der Waals surface area contributed by atoms with Gasteiger partial charge in [0.1, 0.15) is 6.04 Å². The van der Waals surface area contributed by atoms with Gasteiger partial charge in [0.2, 0.25) is 5.75 Å². The summed E-state index contributed by atoms with van der Waals surface area (Å²) in [6.45, 7) is 0.680. The first-order valence-electron chi connectivity index (χ1n) is 11.5. The zero-order chi connectivity index (χ0) is 24.1. The van der Waals surface area contributed by atoms with Crippen LogP contribution in [0.5, 0.6) is 17.2 Å². The van der Waals surface area contributed by atoms with Crippen LogP contribution >= 0.6 is 0 Å². The predicted octanol–water partition coefficient (Wildman–Crippen LogP) is 5.41. The molecule has 3 aromatic carbocycles. The Morgan fingerprint density at radius 3 is 2.15 bits per heavy atom. The highest BCUT2D eigenvalue weighted by molar-refractivity contribution is 5.74. The van der Waals surface area contributed by atoms with Crippen LogP contribution in [0.1, 0.15) is 36.4 Å². The van der Waals surface area contributed by atoms with Gasteiger partial charge in [0, 0.05) is 5.56 Å². The van der Waals surface area contributed by atoms with E-state index in [9.17, 15) is 9.90 Å². The van der Waals surface area contributed by atoms with Crippen molar-refractivity contribution in [2.75, 3.05) is 27.9 Å². The fourth-order valence-electron chi connectivity index (χ4n) is 4.91. The number of likely N-dealkylation sites (tertiary alicyclic amines) is 1. The second-order valence-corrected chi connectivity index (χ2v) is 8.40. The lowest BCUT2D eigenvalue weighted by molar-refractivity contribution is -0.145. The summed E-state index contributed by atoms with van der Waals surface area (Å²) in [5.41, 5.74) is 4.09. The van der Waals surface area contributed by atoms with Crippen molar-refractivity contribution in [1.29, 1.82) is 0 Å². The lowest BCUT2D eigenvalue weighted by Gasteiger charge is -2.40. The first kappa shape index (κ1) is 23.6. The standard InChI is InChI=1S/C28H31NO5/c1-32-24-17-16-22(26(33-2)27(24)34-3)25(29-18-8-7-11-23(29)28(30)31)21-14-12-20(13-15-21)19-9-5-4-6-10-19/h4-6,9-10,12-17,23,25H,7-8,11,18H2,1-3H3,(H,30,31). The molecule has 1 aliphatic heterocycles. The summed E-state index contributed by atoms with van der Waals surface area (Å²) in [7, 11) is 4.76. The molecule has 0 saturated carbocycles. The minimum absolute atomic E-state index is 0.319. The normalized spacial score (nSPS) is 17.1. The molecule has 34 heavy (non-hydrogen) atoms. The van der Waals surface area contributed by atoms with Crippen molar-refractivity contribution in [2.45, 2.75) is 31.3 Å². The average Bonchev–Trinajstić information content (AvgIpc) is 2.89. The molecular weight excluding hydrogens is 430 g/mol. The number of carboxylic acids is 1. The van der Waals surface area contributed by atoms with Gasteiger partial charge in [0.25, 0.3) is 0 Å². The van der Waals surface area contributed by atoms with Crippen LogP contribution in [-0.2, 0) is 4.79 Å². The molecule has 0 amide bonds. The molecule has 2 unspecified atom stereocenters. The zero-order valence-electron chi connectivity index (χ0n) is 19.9. The third-order valence-electron chi connectivity index (χ3n) is 6.52. The summed E-state index contributed by atoms with van der Waals surface area (Å²) in [5.74, 6) is 0.811. The van der Waals surface area contributed by atoms with Crippen LogP contribution in [0.25, 0.3) is 11.1 Å². The molecular formula is C28H31NO5. The van der Waals surface area contributed by atoms with Crippen LogP contribution < -0.4 is 14.2 Å². The molecule has 6 nitrogen and oxygen atoms in total. The first-order chi connectivity index (χ1) is 16.6. The fourth-order valence-corrected chi connectivity index (χ4v) is 4.91. The van der Waals surface area contributed by atoms with Crippen molar-refractivity contribution in [3.8, 4) is 28.4 Å². The number of hydrogen-bond donors (Lipinski definition) is 1. The molecule has 1 fully saturated rings. The number of rotatable bonds is 8. The zero-order valence-corrected chi connectivity index (χ0v) is 19.9. The van der Waals surface area contributed by atoms with E-state index in [4.69, 9.17) is 14.2 Å². The number of ether oxygens (including phenoxy) is 3. The van der Waals surface area contributed by atoms with Gasteiger partial charge in [-0.15, -0.1) is 0 Å². The Bertz CT molecular complexity index is 1110. The molecule has 1 saturated heterocycles. The predicted molar refractivity (Wildman–Crippen MR) is 132 cm³/mol. The molecule has 0 radical (unpaired) electrons. The van der Waals surface area contributed by atoms with Gasteiger partial charge >= 0.3 is 5.97 Å². The average molecular weight is 462 g/mol. The van der Waals surface area contributed by atoms with Crippen LogP contribution in [0.15, 0.2) is 66.7 Å². The van der Waals surface area contributed by atoms with Crippen molar-refractivity contribution < 1.29 is 24.1 Å². The molecule has 1 heterocycles. The molecule has 1 N–H and O–H groups in total. The SMILES string of the molecule is COc1ccc(C(c2ccc(-c3ccccc3)cc2)N2CCCCC2C(=O)O)c(OC)c1OC. The van der Waals surface area contributed by atoms with E-state index in [-0.39, 0.29) is 6.04 Å². The third kappa shape index (κ3) is 4.59. The lowest BCUT2D eigenvalue weighted by atomic mass is 9.90. The van der Waals surface area contributed by atoms with Gasteiger partial charge < -0.3 is 19.3 Å². The maximum Gasteiger partial charge on any atom is 0.320 e. The van der Waals surface area contributed by atoms with Crippen LogP contribution in [0.4, 0.5) is 0 Å². The second-order valence-electron chi connectivity index (χ2n) is 8.40. The lowest BCUT2D eigenvalue weighted by Crippen LogP contribution is -2.46. The smallest absolute Gasteiger partial charge is 0.320 e. The summed E-state index contributed by atoms with van der Waals surface area (Å²) in [4.78, 5) is 14.3. The van der Waals surface area contributed by atoms with Crippen molar-refractivity contribution >= 4 is 5.97 Å². The fraction of sp³-hybridized carbons (Fsp3) is 0.321. The topological polar surface area (TPSA) is 68.2 Å². The molecule has 0 bridgehead atoms. The van der Waals surface area contributed by atoms with Crippen molar-refractivity contribution in [3.63, 3.8) is 0 Å². The van der Waals surface area contributed by atoms with Gasteiger partial charge in [0.15, 0.2) is 11.5 Å². The minimum atomic E-state index is -0.801. The number of benzene rings is 3. The van der Waals surface area contributed by atoms with E-state index in [1.54, 1.807) is 21.3 Å². The Hall–Kier alpha value is -3.51. The largest absolute Gasteiger partial charge is 0.493 e. The summed E-state index contributed by atoms with van der Waals surface area (Å²) < 4.78 is 16.9. The molecule has 3 aromatic rings. The minimum Gasteiger partial charge on any atom is -0.493 e. The monoisotopic (exact) mass is 461 g/mol. The second kappa shape index (κ2) is 10.6. The van der Waals surface area contributed by atoms with Crippen molar-refractivity contribution in [1.82, 2.24) is 4.90 Å². The van der Waals surface area contributed by atoms with Gasteiger partial charge in [-0.25, -0.2) is 0 Å². The van der Waals surface area contributed by atoms with Crippen LogP contribution in [-0.4, -0.2) is 49.9 Å². The summed E-state index contributed by atoms with van der Waals surface area (Å²) >= 11 is 0. The van der Waals surface area contributed by atoms with Crippen molar-refractivity contribution in [3.05, 3.63) is 77.9 Å². The Labute approximate surface area is 200 Å². The third-order valence-corrected chi connectivity index (χ3v) is 6.52. The van der Waals surface area contributed by atoms with Gasteiger partial charge in [-0.2, -0.15) is 0 Å². The molecule has 178 valence electrons. The molecule has 0 aliphatic carbocycles. The van der Waals surface area contributed by atoms with Gasteiger partial charge in [-0.05, 0) is 48.2 Å².